The van der Waals surface area contributed by atoms with Crippen LogP contribution in [-0.4, -0.2) is 21.9 Å². The molecule has 1 heterocycles. The number of hydrogen-bond donors (Lipinski definition) is 2. The Kier molecular flexibility index (Phi) is 4.05. The summed E-state index contributed by atoms with van der Waals surface area (Å²) in [6.07, 6.45) is 2.32. The van der Waals surface area contributed by atoms with E-state index >= 15 is 0 Å². The minimum atomic E-state index is -0.839. The summed E-state index contributed by atoms with van der Waals surface area (Å²) in [5.41, 5.74) is 6.22. The highest BCUT2D eigenvalue weighted by Crippen LogP contribution is 2.29. The largest absolute Gasteiger partial charge is 0.327 e. The van der Waals surface area contributed by atoms with Crippen LogP contribution in [0.4, 0.5) is 15.2 Å². The van der Waals surface area contributed by atoms with E-state index in [1.54, 1.807) is 0 Å². The molecule has 0 fully saturated rings. The van der Waals surface area contributed by atoms with Gasteiger partial charge in [0.1, 0.15) is 5.82 Å². The van der Waals surface area contributed by atoms with E-state index in [9.17, 15) is 19.3 Å². The molecular weight excluding hydrogens is 323 g/mol. The van der Waals surface area contributed by atoms with E-state index < -0.39 is 22.3 Å². The second-order valence-corrected chi connectivity index (χ2v) is 6.38. The third-order valence-electron chi connectivity index (χ3n) is 3.55. The molecule has 0 bridgehead atoms. The van der Waals surface area contributed by atoms with Crippen molar-refractivity contribution < 1.29 is 14.1 Å². The number of nitrogens with two attached hydrogens (primary N) is 1. The van der Waals surface area contributed by atoms with Crippen LogP contribution in [0, 0.1) is 15.9 Å². The summed E-state index contributed by atoms with van der Waals surface area (Å²) >= 11 is 1.33. The standard InChI is InChI=1S/C14H13FN4O3S/c15-8-3-7(4-10(5-8)19(21)22)13(20)18-14-17-11-2-1-9(16)6-12(11)23-14/h3-5,9H,1-2,6,16H2,(H,17,18,20)/t9-/m0/s1. The predicted octanol–water partition coefficient (Wildman–Crippen LogP) is 2.26. The third kappa shape index (κ3) is 3.35. The number of nitrogens with one attached hydrogen (secondary N) is 1. The first-order valence-corrected chi connectivity index (χ1v) is 7.74. The van der Waals surface area contributed by atoms with Crippen LogP contribution in [0.3, 0.4) is 0 Å². The topological polar surface area (TPSA) is 111 Å². The molecule has 0 spiro atoms. The molecule has 1 aliphatic rings. The molecular formula is C14H13FN4O3S. The number of nitro groups is 1. The molecule has 0 unspecified atom stereocenters. The second-order valence-electron chi connectivity index (χ2n) is 5.30. The van der Waals surface area contributed by atoms with Gasteiger partial charge in [0, 0.05) is 22.5 Å². The van der Waals surface area contributed by atoms with E-state index in [1.807, 2.05) is 0 Å². The Labute approximate surface area is 134 Å². The lowest BCUT2D eigenvalue weighted by Crippen LogP contribution is -2.27. The van der Waals surface area contributed by atoms with Crippen molar-refractivity contribution in [1.82, 2.24) is 4.98 Å². The van der Waals surface area contributed by atoms with Gasteiger partial charge in [0.05, 0.1) is 16.7 Å². The molecule has 1 atom stereocenters. The van der Waals surface area contributed by atoms with E-state index in [1.165, 1.54) is 11.3 Å². The molecule has 0 radical (unpaired) electrons. The van der Waals surface area contributed by atoms with Gasteiger partial charge >= 0.3 is 0 Å². The number of nitro benzene ring substituents is 1. The van der Waals surface area contributed by atoms with Crippen LogP contribution in [0.15, 0.2) is 18.2 Å². The second kappa shape index (κ2) is 6.01. The summed E-state index contributed by atoms with van der Waals surface area (Å²) in [7, 11) is 0. The first-order chi connectivity index (χ1) is 10.9. The average molecular weight is 336 g/mol. The maximum atomic E-state index is 13.4. The molecule has 23 heavy (non-hydrogen) atoms. The van der Waals surface area contributed by atoms with Gasteiger partial charge in [-0.05, 0) is 25.3 Å². The van der Waals surface area contributed by atoms with Crippen LogP contribution in [0.2, 0.25) is 0 Å². The zero-order valence-corrected chi connectivity index (χ0v) is 12.7. The zero-order chi connectivity index (χ0) is 16.6. The number of nitrogens with zero attached hydrogens (tertiary/aromatic N) is 2. The summed E-state index contributed by atoms with van der Waals surface area (Å²) in [4.78, 5) is 27.5. The molecule has 0 saturated carbocycles. The van der Waals surface area contributed by atoms with E-state index in [4.69, 9.17) is 5.73 Å². The first-order valence-electron chi connectivity index (χ1n) is 6.93. The van der Waals surface area contributed by atoms with Gasteiger partial charge in [0.15, 0.2) is 5.13 Å². The Hall–Kier alpha value is -2.39. The van der Waals surface area contributed by atoms with Crippen LogP contribution in [0.1, 0.15) is 27.3 Å². The van der Waals surface area contributed by atoms with Crippen molar-refractivity contribution in [2.24, 2.45) is 5.73 Å². The van der Waals surface area contributed by atoms with Gasteiger partial charge in [0.25, 0.3) is 11.6 Å². The number of carbonyl (C=O) groups excluding carboxylic acids is 1. The summed E-state index contributed by atoms with van der Waals surface area (Å²) in [5, 5.41) is 13.7. The molecule has 0 saturated heterocycles. The Morgan fingerprint density at radius 3 is 3.00 bits per heavy atom. The van der Waals surface area contributed by atoms with Gasteiger partial charge in [-0.3, -0.25) is 20.2 Å². The number of thiazole rings is 1. The number of aryl methyl sites for hydroxylation is 1. The van der Waals surface area contributed by atoms with Crippen LogP contribution in [-0.2, 0) is 12.8 Å². The number of halogens is 1. The van der Waals surface area contributed by atoms with Gasteiger partial charge in [0.2, 0.25) is 0 Å². The number of amides is 1. The molecule has 9 heteroatoms. The number of carbonyl (C=O) groups is 1. The number of fused-ring (bicyclic) bond motifs is 1. The summed E-state index contributed by atoms with van der Waals surface area (Å²) in [6.45, 7) is 0. The van der Waals surface area contributed by atoms with Gasteiger partial charge < -0.3 is 5.73 Å². The zero-order valence-electron chi connectivity index (χ0n) is 11.9. The Balaban J connectivity index is 1.81. The van der Waals surface area contributed by atoms with Crippen LogP contribution in [0.5, 0.6) is 0 Å². The van der Waals surface area contributed by atoms with E-state index in [0.29, 0.717) is 11.6 Å². The summed E-state index contributed by atoms with van der Waals surface area (Å²) in [6, 6.07) is 2.84. The fourth-order valence-corrected chi connectivity index (χ4v) is 3.53. The molecule has 1 aliphatic carbocycles. The van der Waals surface area contributed by atoms with Crippen LogP contribution >= 0.6 is 11.3 Å². The maximum absolute atomic E-state index is 13.4. The van der Waals surface area contributed by atoms with Crippen molar-refractivity contribution in [2.75, 3.05) is 5.32 Å². The van der Waals surface area contributed by atoms with Crippen molar-refractivity contribution in [3.63, 3.8) is 0 Å². The van der Waals surface area contributed by atoms with Crippen molar-refractivity contribution >= 4 is 28.1 Å². The molecule has 2 aromatic rings. The highest BCUT2D eigenvalue weighted by molar-refractivity contribution is 7.15. The SMILES string of the molecule is N[C@H]1CCc2nc(NC(=O)c3cc(F)cc([N+](=O)[O-])c3)sc2C1. The molecule has 1 amide bonds. The molecule has 1 aromatic heterocycles. The quantitative estimate of drug-likeness (QED) is 0.659. The fraction of sp³-hybridized carbons (Fsp3) is 0.286. The molecule has 3 N–H and O–H groups in total. The van der Waals surface area contributed by atoms with Crippen LogP contribution < -0.4 is 11.1 Å². The van der Waals surface area contributed by atoms with Gasteiger partial charge in [-0.1, -0.05) is 0 Å². The molecule has 120 valence electrons. The molecule has 7 nitrogen and oxygen atoms in total. The Bertz CT molecular complexity index is 792. The first kappa shape index (κ1) is 15.5. The highest BCUT2D eigenvalue weighted by Gasteiger charge is 2.21. The van der Waals surface area contributed by atoms with Crippen molar-refractivity contribution in [1.29, 1.82) is 0 Å². The fourth-order valence-electron chi connectivity index (χ4n) is 2.43. The van der Waals surface area contributed by atoms with Gasteiger partial charge in [-0.25, -0.2) is 9.37 Å². The van der Waals surface area contributed by atoms with E-state index in [0.717, 1.165) is 41.6 Å². The van der Waals surface area contributed by atoms with Gasteiger partial charge in [-0.15, -0.1) is 11.3 Å². The Morgan fingerprint density at radius 2 is 2.26 bits per heavy atom. The number of rotatable bonds is 3. The minimum absolute atomic E-state index is 0.0948. The summed E-state index contributed by atoms with van der Waals surface area (Å²) in [5.74, 6) is -1.48. The molecule has 0 aliphatic heterocycles. The highest BCUT2D eigenvalue weighted by atomic mass is 32.1. The number of hydrogen-bond acceptors (Lipinski definition) is 6. The van der Waals surface area contributed by atoms with Crippen molar-refractivity contribution in [2.45, 2.75) is 25.3 Å². The third-order valence-corrected chi connectivity index (χ3v) is 4.59. The summed E-state index contributed by atoms with van der Waals surface area (Å²) < 4.78 is 13.4. The average Bonchev–Trinajstić information content (AvgIpc) is 2.87. The number of aromatic nitrogens is 1. The smallest absolute Gasteiger partial charge is 0.273 e. The van der Waals surface area contributed by atoms with Crippen molar-refractivity contribution in [3.8, 4) is 0 Å². The maximum Gasteiger partial charge on any atom is 0.273 e. The van der Waals surface area contributed by atoms with E-state index in [-0.39, 0.29) is 11.6 Å². The minimum Gasteiger partial charge on any atom is -0.327 e. The van der Waals surface area contributed by atoms with E-state index in [2.05, 4.69) is 10.3 Å². The van der Waals surface area contributed by atoms with Crippen molar-refractivity contribution in [3.05, 3.63) is 50.3 Å². The Morgan fingerprint density at radius 1 is 1.48 bits per heavy atom. The number of non-ortho nitro benzene ring substituents is 1. The number of anilines is 1. The molecule has 3 rings (SSSR count). The lowest BCUT2D eigenvalue weighted by Gasteiger charge is -2.15. The lowest BCUT2D eigenvalue weighted by atomic mass is 9.99. The number of benzene rings is 1. The van der Waals surface area contributed by atoms with Gasteiger partial charge in [-0.2, -0.15) is 0 Å². The van der Waals surface area contributed by atoms with Crippen LogP contribution in [0.25, 0.3) is 0 Å². The normalized spacial score (nSPS) is 16.7. The lowest BCUT2D eigenvalue weighted by molar-refractivity contribution is -0.385. The molecule has 1 aromatic carbocycles. The predicted molar refractivity (Wildman–Crippen MR) is 83.1 cm³/mol. The monoisotopic (exact) mass is 336 g/mol.